The van der Waals surface area contributed by atoms with Crippen molar-refractivity contribution < 1.29 is 28.2 Å². The van der Waals surface area contributed by atoms with E-state index < -0.39 is 24.0 Å². The maximum absolute atomic E-state index is 14.6. The van der Waals surface area contributed by atoms with Crippen molar-refractivity contribution in [3.8, 4) is 5.69 Å². The topological polar surface area (TPSA) is 103 Å². The molecule has 1 fully saturated rings. The van der Waals surface area contributed by atoms with Gasteiger partial charge in [0.1, 0.15) is 11.8 Å². The second-order valence-electron chi connectivity index (χ2n) is 6.08. The van der Waals surface area contributed by atoms with Crippen molar-refractivity contribution >= 4 is 23.7 Å². The minimum absolute atomic E-state index is 0.113. The molecule has 1 aliphatic rings. The van der Waals surface area contributed by atoms with Gasteiger partial charge in [-0.25, -0.2) is 18.7 Å². The van der Waals surface area contributed by atoms with E-state index >= 15 is 0 Å². The molecule has 0 unspecified atom stereocenters. The summed E-state index contributed by atoms with van der Waals surface area (Å²) in [5, 5.41) is 6.55. The van der Waals surface area contributed by atoms with Crippen LogP contribution in [0.2, 0.25) is 0 Å². The van der Waals surface area contributed by atoms with Gasteiger partial charge in [-0.3, -0.25) is 9.69 Å². The van der Waals surface area contributed by atoms with Crippen LogP contribution in [0.4, 0.5) is 14.9 Å². The van der Waals surface area contributed by atoms with E-state index in [0.29, 0.717) is 5.69 Å². The van der Waals surface area contributed by atoms with E-state index in [1.807, 2.05) is 0 Å². The van der Waals surface area contributed by atoms with E-state index in [0.717, 1.165) is 0 Å². The van der Waals surface area contributed by atoms with Crippen LogP contribution >= 0.6 is 0 Å². The predicted octanol–water partition coefficient (Wildman–Crippen LogP) is 1.65. The van der Waals surface area contributed by atoms with Crippen LogP contribution in [0.25, 0.3) is 5.69 Å². The maximum Gasteiger partial charge on any atom is 0.414 e. The minimum atomic E-state index is -0.630. The van der Waals surface area contributed by atoms with Gasteiger partial charge in [-0.05, 0) is 25.1 Å². The number of nitrogens with one attached hydrogen (secondary N) is 1. The number of hydrogen-bond acceptors (Lipinski definition) is 6. The van der Waals surface area contributed by atoms with Gasteiger partial charge in [-0.15, -0.1) is 0 Å². The number of halogens is 1. The number of carbonyl (C=O) groups is 3. The fraction of sp³-hybridized carbons (Fsp3) is 0.333. The molecule has 0 saturated carbocycles. The molecule has 1 aromatic carbocycles. The zero-order chi connectivity index (χ0) is 20.3. The van der Waals surface area contributed by atoms with Crippen LogP contribution in [0.1, 0.15) is 24.2 Å². The lowest BCUT2D eigenvalue weighted by molar-refractivity contribution is -0.119. The standard InChI is InChI=1S/C18H19FN4O5/c1-3-27-17(25)12-7-21-23(9-12)16-5-4-13(6-15(16)19)22-10-14(28-18(22)26)8-20-11(2)24/h4-7,9,14H,3,8,10H2,1-2H3,(H,20,24)/t14-/m0/s1. The van der Waals surface area contributed by atoms with Gasteiger partial charge in [0.25, 0.3) is 0 Å². The lowest BCUT2D eigenvalue weighted by atomic mass is 10.2. The van der Waals surface area contributed by atoms with Crippen molar-refractivity contribution in [2.45, 2.75) is 20.0 Å². The quantitative estimate of drug-likeness (QED) is 0.753. The number of carbonyl (C=O) groups excluding carboxylic acids is 3. The molecule has 3 rings (SSSR count). The first-order valence-electron chi connectivity index (χ1n) is 8.63. The van der Waals surface area contributed by atoms with Crippen LogP contribution in [0.3, 0.4) is 0 Å². The lowest BCUT2D eigenvalue weighted by Gasteiger charge is -2.14. The Hall–Kier alpha value is -3.43. The third-order valence-electron chi connectivity index (χ3n) is 4.04. The summed E-state index contributed by atoms with van der Waals surface area (Å²) in [5.41, 5.74) is 0.630. The van der Waals surface area contributed by atoms with E-state index in [1.54, 1.807) is 13.0 Å². The number of esters is 1. The van der Waals surface area contributed by atoms with Crippen molar-refractivity contribution in [2.24, 2.45) is 0 Å². The van der Waals surface area contributed by atoms with Crippen LogP contribution in [-0.4, -0.2) is 53.6 Å². The molecule has 9 nitrogen and oxygen atoms in total. The number of cyclic esters (lactones) is 1. The highest BCUT2D eigenvalue weighted by Gasteiger charge is 2.32. The van der Waals surface area contributed by atoms with E-state index in [4.69, 9.17) is 9.47 Å². The fourth-order valence-electron chi connectivity index (χ4n) is 2.72. The minimum Gasteiger partial charge on any atom is -0.462 e. The average Bonchev–Trinajstić information content (AvgIpc) is 3.27. The first kappa shape index (κ1) is 19.3. The molecule has 0 bridgehead atoms. The van der Waals surface area contributed by atoms with Crippen molar-refractivity contribution in [1.82, 2.24) is 15.1 Å². The molecule has 1 aliphatic heterocycles. The van der Waals surface area contributed by atoms with Crippen molar-refractivity contribution in [3.63, 3.8) is 0 Å². The SMILES string of the molecule is CCOC(=O)c1cnn(-c2ccc(N3C[C@H](CNC(C)=O)OC3=O)cc2F)c1. The summed E-state index contributed by atoms with van der Waals surface area (Å²) in [6.45, 7) is 3.65. The number of aromatic nitrogens is 2. The molecule has 2 aromatic rings. The summed E-state index contributed by atoms with van der Waals surface area (Å²) >= 11 is 0. The molecule has 148 valence electrons. The van der Waals surface area contributed by atoms with Crippen LogP contribution < -0.4 is 10.2 Å². The van der Waals surface area contributed by atoms with Gasteiger partial charge in [0, 0.05) is 13.1 Å². The summed E-state index contributed by atoms with van der Waals surface area (Å²) < 4.78 is 25.9. The molecule has 10 heteroatoms. The Balaban J connectivity index is 1.75. The van der Waals surface area contributed by atoms with Crippen molar-refractivity contribution in [2.75, 3.05) is 24.6 Å². The highest BCUT2D eigenvalue weighted by atomic mass is 19.1. The van der Waals surface area contributed by atoms with Gasteiger partial charge in [0.05, 0.1) is 37.1 Å². The monoisotopic (exact) mass is 390 g/mol. The summed E-state index contributed by atoms with van der Waals surface area (Å²) in [4.78, 5) is 36.0. The highest BCUT2D eigenvalue weighted by Crippen LogP contribution is 2.25. The number of rotatable bonds is 6. The van der Waals surface area contributed by atoms with Gasteiger partial charge in [0.2, 0.25) is 5.91 Å². The molecule has 1 saturated heterocycles. The largest absolute Gasteiger partial charge is 0.462 e. The smallest absolute Gasteiger partial charge is 0.414 e. The average molecular weight is 390 g/mol. The molecule has 0 aliphatic carbocycles. The number of nitrogens with zero attached hydrogens (tertiary/aromatic N) is 3. The van der Waals surface area contributed by atoms with E-state index in [2.05, 4.69) is 10.4 Å². The Morgan fingerprint density at radius 2 is 2.21 bits per heavy atom. The van der Waals surface area contributed by atoms with Crippen LogP contribution in [0.15, 0.2) is 30.6 Å². The Bertz CT molecular complexity index is 913. The molecule has 28 heavy (non-hydrogen) atoms. The summed E-state index contributed by atoms with van der Waals surface area (Å²) in [6.07, 6.45) is 1.52. The zero-order valence-corrected chi connectivity index (χ0v) is 15.3. The third kappa shape index (κ3) is 4.11. The number of anilines is 1. The molecule has 2 amide bonds. The first-order chi connectivity index (χ1) is 13.4. The molecule has 1 atom stereocenters. The normalized spacial score (nSPS) is 16.0. The summed E-state index contributed by atoms with van der Waals surface area (Å²) in [7, 11) is 0. The Kier molecular flexibility index (Phi) is 5.57. The van der Waals surface area contributed by atoms with Gasteiger partial charge >= 0.3 is 12.1 Å². The van der Waals surface area contributed by atoms with E-state index in [9.17, 15) is 18.8 Å². The van der Waals surface area contributed by atoms with Gasteiger partial charge < -0.3 is 14.8 Å². The Labute approximate surface area is 160 Å². The number of ether oxygens (including phenoxy) is 2. The van der Waals surface area contributed by atoms with Crippen LogP contribution in [0, 0.1) is 5.82 Å². The number of benzene rings is 1. The molecule has 1 N–H and O–H groups in total. The van der Waals surface area contributed by atoms with Crippen molar-refractivity contribution in [1.29, 1.82) is 0 Å². The van der Waals surface area contributed by atoms with E-state index in [1.165, 1.54) is 41.0 Å². The Morgan fingerprint density at radius 1 is 1.43 bits per heavy atom. The van der Waals surface area contributed by atoms with Crippen LogP contribution in [-0.2, 0) is 14.3 Å². The zero-order valence-electron chi connectivity index (χ0n) is 15.3. The highest BCUT2D eigenvalue weighted by molar-refractivity contribution is 5.90. The Morgan fingerprint density at radius 3 is 2.89 bits per heavy atom. The second kappa shape index (κ2) is 8.07. The predicted molar refractivity (Wildman–Crippen MR) is 95.8 cm³/mol. The van der Waals surface area contributed by atoms with Gasteiger partial charge in [-0.2, -0.15) is 5.10 Å². The number of hydrogen-bond donors (Lipinski definition) is 1. The molecule has 0 radical (unpaired) electrons. The first-order valence-corrected chi connectivity index (χ1v) is 8.63. The summed E-state index contributed by atoms with van der Waals surface area (Å²) in [6, 6.07) is 4.18. The molecule has 1 aromatic heterocycles. The second-order valence-corrected chi connectivity index (χ2v) is 6.08. The third-order valence-corrected chi connectivity index (χ3v) is 4.04. The van der Waals surface area contributed by atoms with Crippen molar-refractivity contribution in [3.05, 3.63) is 42.0 Å². The molecule has 0 spiro atoms. The van der Waals surface area contributed by atoms with Gasteiger partial charge in [-0.1, -0.05) is 0 Å². The fourth-order valence-corrected chi connectivity index (χ4v) is 2.72. The molecule has 2 heterocycles. The summed E-state index contributed by atoms with van der Waals surface area (Å²) in [5.74, 6) is -1.41. The van der Waals surface area contributed by atoms with Gasteiger partial charge in [0.15, 0.2) is 5.82 Å². The lowest BCUT2D eigenvalue weighted by Crippen LogP contribution is -2.33. The molecular weight excluding hydrogens is 371 g/mol. The maximum atomic E-state index is 14.6. The van der Waals surface area contributed by atoms with Crippen LogP contribution in [0.5, 0.6) is 0 Å². The molecular formula is C18H19FN4O5. The number of amides is 2. The van der Waals surface area contributed by atoms with E-state index in [-0.39, 0.29) is 36.9 Å².